The monoisotopic (exact) mass is 148 g/mol. The van der Waals surface area contributed by atoms with Gasteiger partial charge in [0, 0.05) is 0 Å². The van der Waals surface area contributed by atoms with E-state index in [1.807, 2.05) is 0 Å². The molecule has 11 heavy (non-hydrogen) atoms. The third-order valence-electron chi connectivity index (χ3n) is 4.63. The standard InChI is InChI=1S/C10H17B/c11-2-1-6-3-7-4-8-5-9(6)10(7)8/h6-10H,1-5,11H2/t6-,7?,8?,9?,10?/m1/s1. The molecule has 3 aliphatic carbocycles. The zero-order chi connectivity index (χ0) is 7.42. The lowest BCUT2D eigenvalue weighted by Crippen LogP contribution is -2.47. The molecule has 3 fully saturated rings. The molecule has 0 amide bonds. The van der Waals surface area contributed by atoms with Crippen molar-refractivity contribution >= 4 is 7.85 Å². The molecule has 3 saturated carbocycles. The lowest BCUT2D eigenvalue weighted by atomic mass is 9.51. The summed E-state index contributed by atoms with van der Waals surface area (Å²) >= 11 is 0. The van der Waals surface area contributed by atoms with Gasteiger partial charge in [-0.1, -0.05) is 12.7 Å². The van der Waals surface area contributed by atoms with Crippen molar-refractivity contribution in [3.05, 3.63) is 0 Å². The van der Waals surface area contributed by atoms with E-state index in [1.165, 1.54) is 36.4 Å². The molecule has 1 heteroatoms. The minimum atomic E-state index is 1.16. The average molecular weight is 148 g/mol. The van der Waals surface area contributed by atoms with Crippen molar-refractivity contribution in [1.29, 1.82) is 0 Å². The van der Waals surface area contributed by atoms with Crippen molar-refractivity contribution < 1.29 is 0 Å². The highest BCUT2D eigenvalue weighted by Gasteiger charge is 2.60. The third-order valence-corrected chi connectivity index (χ3v) is 4.63. The summed E-state index contributed by atoms with van der Waals surface area (Å²) in [6.07, 6.45) is 7.79. The van der Waals surface area contributed by atoms with E-state index in [-0.39, 0.29) is 0 Å². The molecule has 0 nitrogen and oxygen atoms in total. The first-order chi connectivity index (χ1) is 5.40. The maximum absolute atomic E-state index is 2.34. The predicted octanol–water partition coefficient (Wildman–Crippen LogP) is 1.72. The highest BCUT2D eigenvalue weighted by atomic mass is 14.6. The zero-order valence-electron chi connectivity index (χ0n) is 7.42. The van der Waals surface area contributed by atoms with E-state index in [2.05, 4.69) is 7.85 Å². The van der Waals surface area contributed by atoms with Crippen LogP contribution < -0.4 is 0 Å². The molecule has 5 atom stereocenters. The van der Waals surface area contributed by atoms with Gasteiger partial charge >= 0.3 is 0 Å². The van der Waals surface area contributed by atoms with Gasteiger partial charge in [0.2, 0.25) is 0 Å². The van der Waals surface area contributed by atoms with Crippen LogP contribution in [0.15, 0.2) is 0 Å². The van der Waals surface area contributed by atoms with Gasteiger partial charge in [0.1, 0.15) is 7.85 Å². The molecule has 4 unspecified atom stereocenters. The Morgan fingerprint density at radius 2 is 1.91 bits per heavy atom. The smallest absolute Gasteiger partial charge is 0.0808 e. The molecule has 0 N–H and O–H groups in total. The Morgan fingerprint density at radius 3 is 2.55 bits per heavy atom. The third kappa shape index (κ3) is 0.678. The van der Waals surface area contributed by atoms with Crippen LogP contribution in [0.3, 0.4) is 0 Å². The van der Waals surface area contributed by atoms with Gasteiger partial charge in [0.15, 0.2) is 0 Å². The van der Waals surface area contributed by atoms with E-state index in [1.54, 1.807) is 19.3 Å². The van der Waals surface area contributed by atoms with Crippen molar-refractivity contribution in [2.24, 2.45) is 29.6 Å². The molecule has 0 aromatic heterocycles. The summed E-state index contributed by atoms with van der Waals surface area (Å²) in [4.78, 5) is 0. The summed E-state index contributed by atoms with van der Waals surface area (Å²) < 4.78 is 0. The molecular formula is C10H17B. The molecule has 3 rings (SSSR count). The minimum absolute atomic E-state index is 1.16. The van der Waals surface area contributed by atoms with E-state index >= 15 is 0 Å². The molecule has 60 valence electrons. The topological polar surface area (TPSA) is 0 Å². The molecular weight excluding hydrogens is 131 g/mol. The summed E-state index contributed by atoms with van der Waals surface area (Å²) in [6.45, 7) is 0. The Morgan fingerprint density at radius 1 is 1.09 bits per heavy atom. The SMILES string of the molecule is BCC[C@@H]1CC2CC3CC1C32. The average Bonchev–Trinajstić information content (AvgIpc) is 2.16. The molecule has 0 aromatic carbocycles. The van der Waals surface area contributed by atoms with Crippen molar-refractivity contribution in [3.63, 3.8) is 0 Å². The largest absolute Gasteiger partial charge is 0.101 e. The first kappa shape index (κ1) is 6.57. The van der Waals surface area contributed by atoms with Crippen molar-refractivity contribution in [2.45, 2.75) is 32.0 Å². The summed E-state index contributed by atoms with van der Waals surface area (Å²) in [5, 5.41) is 0. The van der Waals surface area contributed by atoms with Crippen LogP contribution in [0.5, 0.6) is 0 Å². The number of hydrogen-bond acceptors (Lipinski definition) is 0. The molecule has 0 spiro atoms. The van der Waals surface area contributed by atoms with Crippen LogP contribution in [0, 0.1) is 29.6 Å². The first-order valence-corrected chi connectivity index (χ1v) is 5.40. The van der Waals surface area contributed by atoms with Gasteiger partial charge in [-0.05, 0) is 48.9 Å². The maximum Gasteiger partial charge on any atom is 0.101 e. The van der Waals surface area contributed by atoms with Gasteiger partial charge in [-0.25, -0.2) is 0 Å². The van der Waals surface area contributed by atoms with E-state index in [0.717, 1.165) is 5.92 Å². The predicted molar refractivity (Wildman–Crippen MR) is 49.3 cm³/mol. The van der Waals surface area contributed by atoms with Gasteiger partial charge in [0.25, 0.3) is 0 Å². The van der Waals surface area contributed by atoms with E-state index < -0.39 is 0 Å². The molecule has 0 bridgehead atoms. The second kappa shape index (κ2) is 2.05. The van der Waals surface area contributed by atoms with E-state index in [9.17, 15) is 0 Å². The molecule has 3 aliphatic rings. The lowest BCUT2D eigenvalue weighted by molar-refractivity contribution is -0.0485. The van der Waals surface area contributed by atoms with Crippen LogP contribution >= 0.6 is 0 Å². The number of rotatable bonds is 2. The fraction of sp³-hybridized carbons (Fsp3) is 1.00. The molecule has 0 heterocycles. The second-order valence-corrected chi connectivity index (χ2v) is 5.02. The van der Waals surface area contributed by atoms with Crippen LogP contribution in [-0.2, 0) is 0 Å². The summed E-state index contributed by atoms with van der Waals surface area (Å²) in [5.41, 5.74) is 0. The van der Waals surface area contributed by atoms with E-state index in [4.69, 9.17) is 0 Å². The summed E-state index contributed by atoms with van der Waals surface area (Å²) in [6, 6.07) is 0. The normalized spacial score (nSPS) is 58.0. The molecule has 0 aromatic rings. The Labute approximate surface area is 70.2 Å². The second-order valence-electron chi connectivity index (χ2n) is 5.02. The van der Waals surface area contributed by atoms with Gasteiger partial charge in [-0.15, -0.1) is 0 Å². The summed E-state index contributed by atoms with van der Waals surface area (Å²) in [7, 11) is 2.34. The van der Waals surface area contributed by atoms with Crippen LogP contribution in [0.1, 0.15) is 25.7 Å². The van der Waals surface area contributed by atoms with Crippen LogP contribution in [-0.4, -0.2) is 7.85 Å². The highest BCUT2D eigenvalue weighted by molar-refractivity contribution is 6.08. The Kier molecular flexibility index (Phi) is 1.23. The van der Waals surface area contributed by atoms with Crippen LogP contribution in [0.4, 0.5) is 0 Å². The van der Waals surface area contributed by atoms with Crippen molar-refractivity contribution in [2.75, 3.05) is 0 Å². The molecule has 0 radical (unpaired) electrons. The van der Waals surface area contributed by atoms with Crippen LogP contribution in [0.25, 0.3) is 0 Å². The lowest BCUT2D eigenvalue weighted by Gasteiger charge is -2.54. The quantitative estimate of drug-likeness (QED) is 0.523. The minimum Gasteiger partial charge on any atom is -0.0808 e. The van der Waals surface area contributed by atoms with Gasteiger partial charge < -0.3 is 0 Å². The first-order valence-electron chi connectivity index (χ1n) is 5.40. The Hall–Kier alpha value is 0.0649. The zero-order valence-corrected chi connectivity index (χ0v) is 7.42. The number of hydrogen-bond donors (Lipinski definition) is 0. The van der Waals surface area contributed by atoms with Crippen molar-refractivity contribution in [3.8, 4) is 0 Å². The fourth-order valence-electron chi connectivity index (χ4n) is 4.18. The summed E-state index contributed by atoms with van der Waals surface area (Å²) in [5.74, 6) is 6.03. The van der Waals surface area contributed by atoms with Gasteiger partial charge in [0.05, 0.1) is 0 Å². The fourth-order valence-corrected chi connectivity index (χ4v) is 4.18. The Balaban J connectivity index is 1.71. The van der Waals surface area contributed by atoms with Gasteiger partial charge in [-0.3, -0.25) is 0 Å². The van der Waals surface area contributed by atoms with E-state index in [0.29, 0.717) is 0 Å². The molecule has 0 saturated heterocycles. The highest BCUT2D eigenvalue weighted by Crippen LogP contribution is 2.68. The maximum atomic E-state index is 2.34. The molecule has 0 aliphatic heterocycles. The van der Waals surface area contributed by atoms with Gasteiger partial charge in [-0.2, -0.15) is 0 Å². The van der Waals surface area contributed by atoms with Crippen LogP contribution in [0.2, 0.25) is 6.32 Å². The van der Waals surface area contributed by atoms with Crippen molar-refractivity contribution in [1.82, 2.24) is 0 Å². The Bertz CT molecular complexity index is 178.